The fraction of sp³-hybridized carbons (Fsp3) is 0.333. The number of anilines is 2. The number of carbonyl (C=O) groups is 3. The zero-order chi connectivity index (χ0) is 31.3. The fourth-order valence-electron chi connectivity index (χ4n) is 4.54. The highest BCUT2D eigenvalue weighted by Gasteiger charge is 2.34. The average molecular weight is 600 g/mol. The van der Waals surface area contributed by atoms with Crippen LogP contribution in [-0.4, -0.2) is 76.6 Å². The number of urea groups is 1. The molecule has 0 radical (unpaired) electrons. The highest BCUT2D eigenvalue weighted by Crippen LogP contribution is 2.32. The first-order valence-electron chi connectivity index (χ1n) is 13.5. The molecule has 1 aliphatic rings. The van der Waals surface area contributed by atoms with E-state index in [0.29, 0.717) is 11.3 Å². The van der Waals surface area contributed by atoms with Crippen molar-refractivity contribution in [2.75, 3.05) is 37.4 Å². The number of halogens is 3. The molecule has 3 atom stereocenters. The molecule has 10 nitrogen and oxygen atoms in total. The predicted octanol–water partition coefficient (Wildman–Crippen LogP) is 4.74. The van der Waals surface area contributed by atoms with E-state index in [1.807, 2.05) is 6.92 Å². The Kier molecular flexibility index (Phi) is 9.54. The van der Waals surface area contributed by atoms with Crippen molar-refractivity contribution >= 4 is 29.2 Å². The Balaban J connectivity index is 1.55. The zero-order valence-corrected chi connectivity index (χ0v) is 23.8. The van der Waals surface area contributed by atoms with Crippen LogP contribution >= 0.6 is 0 Å². The van der Waals surface area contributed by atoms with Crippen LogP contribution in [0.1, 0.15) is 40.1 Å². The number of benzene rings is 2. The van der Waals surface area contributed by atoms with Crippen LogP contribution in [0, 0.1) is 5.92 Å². The van der Waals surface area contributed by atoms with Gasteiger partial charge in [-0.3, -0.25) is 14.6 Å². The smallest absolute Gasteiger partial charge is 0.416 e. The molecular formula is C30H32F3N5O5. The minimum Gasteiger partial charge on any atom is -0.487 e. The number of alkyl halides is 3. The fourth-order valence-corrected chi connectivity index (χ4v) is 4.54. The van der Waals surface area contributed by atoms with E-state index < -0.39 is 41.7 Å². The Morgan fingerprint density at radius 1 is 1.09 bits per heavy atom. The minimum atomic E-state index is -4.49. The van der Waals surface area contributed by atoms with Crippen LogP contribution in [0.15, 0.2) is 67.0 Å². The number of carbonyl (C=O) groups excluding carboxylic acids is 3. The lowest BCUT2D eigenvalue weighted by Gasteiger charge is -2.38. The maximum absolute atomic E-state index is 13.6. The molecule has 0 saturated carbocycles. The lowest BCUT2D eigenvalue weighted by Crippen LogP contribution is -2.50. The van der Waals surface area contributed by atoms with E-state index in [1.165, 1.54) is 47.4 Å². The van der Waals surface area contributed by atoms with Crippen LogP contribution in [0.5, 0.6) is 5.75 Å². The van der Waals surface area contributed by atoms with E-state index in [1.54, 1.807) is 31.2 Å². The molecule has 0 saturated heterocycles. The van der Waals surface area contributed by atoms with Crippen molar-refractivity contribution in [3.63, 3.8) is 0 Å². The van der Waals surface area contributed by atoms with E-state index in [9.17, 15) is 32.7 Å². The summed E-state index contributed by atoms with van der Waals surface area (Å²) in [5.41, 5.74) is 0.266. The number of hydrogen-bond acceptors (Lipinski definition) is 6. The number of ether oxygens (including phenoxy) is 1. The van der Waals surface area contributed by atoms with Gasteiger partial charge in [-0.1, -0.05) is 6.92 Å². The number of nitrogens with one attached hydrogen (secondary N) is 2. The monoisotopic (exact) mass is 599 g/mol. The summed E-state index contributed by atoms with van der Waals surface area (Å²) in [5.74, 6) is -0.849. The molecule has 0 spiro atoms. The first-order valence-corrected chi connectivity index (χ1v) is 13.5. The number of pyridine rings is 1. The number of nitrogens with zero attached hydrogens (tertiary/aromatic N) is 3. The van der Waals surface area contributed by atoms with Crippen LogP contribution in [-0.2, 0) is 6.18 Å². The molecule has 4 amide bonds. The second-order valence-electron chi connectivity index (χ2n) is 10.4. The van der Waals surface area contributed by atoms with Crippen molar-refractivity contribution in [1.29, 1.82) is 0 Å². The normalized spacial score (nSPS) is 17.6. The van der Waals surface area contributed by atoms with Gasteiger partial charge in [0.25, 0.3) is 11.8 Å². The second kappa shape index (κ2) is 13.1. The third-order valence-electron chi connectivity index (χ3n) is 7.13. The summed E-state index contributed by atoms with van der Waals surface area (Å²) in [4.78, 5) is 46.0. The molecule has 3 N–H and O–H groups in total. The third kappa shape index (κ3) is 7.60. The first-order chi connectivity index (χ1) is 20.4. The van der Waals surface area contributed by atoms with Gasteiger partial charge in [-0.2, -0.15) is 13.2 Å². The quantitative estimate of drug-likeness (QED) is 0.361. The molecule has 1 aliphatic heterocycles. The standard InChI is InChI=1S/C30H32F3N5O5/c1-18-15-38(19(2)17-39)28(41)24-14-23(35-27(40)20-10-12-34-13-11-20)8-9-25(24)43-26(18)16-37(3)29(42)36-22-6-4-21(5-7-22)30(31,32)33/h4-14,18-19,26,39H,15-17H2,1-3H3,(H,35,40)(H,36,42)/t18-,19-,26+/m1/s1. The number of rotatable bonds is 7. The number of aromatic nitrogens is 1. The lowest BCUT2D eigenvalue weighted by atomic mass is 9.99. The average Bonchev–Trinajstić information content (AvgIpc) is 2.99. The van der Waals surface area contributed by atoms with Gasteiger partial charge in [0, 0.05) is 48.8 Å². The Morgan fingerprint density at radius 3 is 2.37 bits per heavy atom. The van der Waals surface area contributed by atoms with Crippen LogP contribution < -0.4 is 15.4 Å². The molecule has 1 aromatic heterocycles. The summed E-state index contributed by atoms with van der Waals surface area (Å²) >= 11 is 0. The van der Waals surface area contributed by atoms with Crippen molar-refractivity contribution in [3.05, 3.63) is 83.7 Å². The zero-order valence-electron chi connectivity index (χ0n) is 23.8. The molecule has 228 valence electrons. The molecule has 43 heavy (non-hydrogen) atoms. The van der Waals surface area contributed by atoms with Crippen LogP contribution in [0.2, 0.25) is 0 Å². The number of likely N-dealkylation sites (N-methyl/N-ethyl adjacent to an activating group) is 1. The lowest BCUT2D eigenvalue weighted by molar-refractivity contribution is -0.137. The number of hydrogen-bond donors (Lipinski definition) is 3. The van der Waals surface area contributed by atoms with E-state index in [-0.39, 0.29) is 42.6 Å². The summed E-state index contributed by atoms with van der Waals surface area (Å²) in [6.07, 6.45) is -2.12. The Hall–Kier alpha value is -4.65. The van der Waals surface area contributed by atoms with Crippen molar-refractivity contribution < 1.29 is 37.4 Å². The summed E-state index contributed by atoms with van der Waals surface area (Å²) in [7, 11) is 1.52. The second-order valence-corrected chi connectivity index (χ2v) is 10.4. The first kappa shape index (κ1) is 31.3. The van der Waals surface area contributed by atoms with Gasteiger partial charge in [-0.05, 0) is 61.5 Å². The van der Waals surface area contributed by atoms with Crippen molar-refractivity contribution in [2.45, 2.75) is 32.2 Å². The Morgan fingerprint density at radius 2 is 1.74 bits per heavy atom. The number of amides is 4. The van der Waals surface area contributed by atoms with E-state index in [2.05, 4.69) is 15.6 Å². The molecule has 3 aromatic rings. The van der Waals surface area contributed by atoms with Crippen molar-refractivity contribution in [1.82, 2.24) is 14.8 Å². The van der Waals surface area contributed by atoms with Gasteiger partial charge < -0.3 is 30.3 Å². The van der Waals surface area contributed by atoms with Gasteiger partial charge >= 0.3 is 12.2 Å². The molecule has 13 heteroatoms. The van der Waals surface area contributed by atoms with Crippen molar-refractivity contribution in [3.8, 4) is 5.75 Å². The summed E-state index contributed by atoms with van der Waals surface area (Å²) < 4.78 is 44.9. The summed E-state index contributed by atoms with van der Waals surface area (Å²) in [6.45, 7) is 3.55. The van der Waals surface area contributed by atoms with Crippen LogP contribution in [0.4, 0.5) is 29.3 Å². The van der Waals surface area contributed by atoms with E-state index in [0.717, 1.165) is 12.1 Å². The van der Waals surface area contributed by atoms with Gasteiger partial charge in [-0.15, -0.1) is 0 Å². The van der Waals surface area contributed by atoms with Gasteiger partial charge in [0.15, 0.2) is 0 Å². The van der Waals surface area contributed by atoms with Gasteiger partial charge in [-0.25, -0.2) is 4.79 Å². The van der Waals surface area contributed by atoms with Crippen molar-refractivity contribution in [2.24, 2.45) is 5.92 Å². The Bertz CT molecular complexity index is 1450. The molecule has 0 unspecified atom stereocenters. The molecular weight excluding hydrogens is 567 g/mol. The van der Waals surface area contributed by atoms with Crippen LogP contribution in [0.25, 0.3) is 0 Å². The van der Waals surface area contributed by atoms with Gasteiger partial charge in [0.05, 0.1) is 30.3 Å². The molecule has 0 fully saturated rings. The number of aliphatic hydroxyl groups excluding tert-OH is 1. The minimum absolute atomic E-state index is 0.0726. The molecule has 0 bridgehead atoms. The molecule has 4 rings (SSSR count). The molecule has 0 aliphatic carbocycles. The Labute approximate surface area is 246 Å². The van der Waals surface area contributed by atoms with Gasteiger partial charge in [0.1, 0.15) is 11.9 Å². The maximum Gasteiger partial charge on any atom is 0.416 e. The topological polar surface area (TPSA) is 124 Å². The van der Waals surface area contributed by atoms with E-state index >= 15 is 0 Å². The highest BCUT2D eigenvalue weighted by atomic mass is 19.4. The summed E-state index contributed by atoms with van der Waals surface area (Å²) in [5, 5.41) is 15.2. The number of aliphatic hydroxyl groups is 1. The summed E-state index contributed by atoms with van der Waals surface area (Å²) in [6, 6.07) is 10.8. The van der Waals surface area contributed by atoms with Crippen LogP contribution in [0.3, 0.4) is 0 Å². The number of fused-ring (bicyclic) bond motifs is 1. The third-order valence-corrected chi connectivity index (χ3v) is 7.13. The maximum atomic E-state index is 13.6. The molecule has 2 heterocycles. The van der Waals surface area contributed by atoms with Gasteiger partial charge in [0.2, 0.25) is 0 Å². The highest BCUT2D eigenvalue weighted by molar-refractivity contribution is 6.05. The largest absolute Gasteiger partial charge is 0.487 e. The predicted molar refractivity (Wildman–Crippen MR) is 153 cm³/mol. The van der Waals surface area contributed by atoms with E-state index in [4.69, 9.17) is 4.74 Å². The SMILES string of the molecule is C[C@@H]1CN([C@H](C)CO)C(=O)c2cc(NC(=O)c3ccncc3)ccc2O[C@H]1CN(C)C(=O)Nc1ccc(C(F)(F)F)cc1. The molecule has 2 aromatic carbocycles.